The number of alkyl carbamates (subject to hydrolysis) is 1. The largest absolute Gasteiger partial charge is 0.447 e. The van der Waals surface area contributed by atoms with E-state index in [1.54, 1.807) is 11.1 Å². The van der Waals surface area contributed by atoms with E-state index in [0.717, 1.165) is 31.6 Å². The smallest absolute Gasteiger partial charge is 0.407 e. The fourth-order valence-corrected chi connectivity index (χ4v) is 5.12. The van der Waals surface area contributed by atoms with Crippen molar-refractivity contribution in [1.29, 1.82) is 0 Å². The third kappa shape index (κ3) is 3.67. The van der Waals surface area contributed by atoms with Crippen molar-refractivity contribution in [3.05, 3.63) is 47.0 Å². The highest BCUT2D eigenvalue weighted by atomic mass is 16.6. The molecule has 140 valence electrons. The van der Waals surface area contributed by atoms with E-state index in [9.17, 15) is 4.79 Å². The predicted molar refractivity (Wildman–Crippen MR) is 104 cm³/mol. The minimum atomic E-state index is -0.240. The van der Waals surface area contributed by atoms with Crippen molar-refractivity contribution >= 4 is 6.09 Å². The first-order valence-corrected chi connectivity index (χ1v) is 10.4. The van der Waals surface area contributed by atoms with Gasteiger partial charge in [0.15, 0.2) is 0 Å². The van der Waals surface area contributed by atoms with Gasteiger partial charge in [0.1, 0.15) is 6.61 Å². The minimum Gasteiger partial charge on any atom is -0.447 e. The Hall–Kier alpha value is -1.77. The standard InChI is InChI=1S/C23H31NO2/c1-2-3-4-5-6-17-7-8-19-14-20(10-9-18(19)13-17)21-11-12-23(15-21)16-26-22(25)24-23/h3-4,9-10,14,17,21H,2,5-8,11-13,15-16H2,1H3,(H,24,25)/b4-3-/t17?,21-,23+/m0/s1. The molecule has 3 atom stereocenters. The first-order chi connectivity index (χ1) is 12.7. The van der Waals surface area contributed by atoms with E-state index >= 15 is 0 Å². The van der Waals surface area contributed by atoms with Gasteiger partial charge < -0.3 is 10.1 Å². The number of cyclic esters (lactones) is 1. The van der Waals surface area contributed by atoms with Crippen molar-refractivity contribution in [3.8, 4) is 0 Å². The number of benzene rings is 1. The topological polar surface area (TPSA) is 38.3 Å². The number of hydrogen-bond donors (Lipinski definition) is 1. The second-order valence-corrected chi connectivity index (χ2v) is 8.52. The number of carbonyl (C=O) groups excluding carboxylic acids is 1. The lowest BCUT2D eigenvalue weighted by molar-refractivity contribution is 0.172. The van der Waals surface area contributed by atoms with Crippen LogP contribution >= 0.6 is 0 Å². The molecule has 3 heteroatoms. The van der Waals surface area contributed by atoms with Crippen LogP contribution in [0.25, 0.3) is 0 Å². The Morgan fingerprint density at radius 1 is 1.27 bits per heavy atom. The van der Waals surface area contributed by atoms with Crippen LogP contribution in [0.2, 0.25) is 0 Å². The number of hydrogen-bond acceptors (Lipinski definition) is 2. The van der Waals surface area contributed by atoms with E-state index in [0.29, 0.717) is 12.5 Å². The van der Waals surface area contributed by atoms with Gasteiger partial charge in [-0.1, -0.05) is 37.3 Å². The zero-order chi connectivity index (χ0) is 18.0. The lowest BCUT2D eigenvalue weighted by atomic mass is 9.80. The van der Waals surface area contributed by atoms with Gasteiger partial charge in [-0.05, 0) is 86.3 Å². The number of amides is 1. The Morgan fingerprint density at radius 2 is 2.19 bits per heavy atom. The summed E-state index contributed by atoms with van der Waals surface area (Å²) in [5.41, 5.74) is 4.49. The van der Waals surface area contributed by atoms with E-state index < -0.39 is 0 Å². The van der Waals surface area contributed by atoms with E-state index in [4.69, 9.17) is 4.74 Å². The van der Waals surface area contributed by atoms with Crippen LogP contribution in [-0.4, -0.2) is 18.2 Å². The number of fused-ring (bicyclic) bond motifs is 1. The van der Waals surface area contributed by atoms with Crippen LogP contribution in [0.4, 0.5) is 4.79 Å². The number of allylic oxidation sites excluding steroid dienone is 2. The normalized spacial score (nSPS) is 30.6. The molecule has 3 aliphatic rings. The highest BCUT2D eigenvalue weighted by molar-refractivity contribution is 5.70. The lowest BCUT2D eigenvalue weighted by Crippen LogP contribution is -2.40. The monoisotopic (exact) mass is 353 g/mol. The van der Waals surface area contributed by atoms with Crippen molar-refractivity contribution in [2.45, 2.75) is 76.2 Å². The first-order valence-electron chi connectivity index (χ1n) is 10.4. The molecule has 4 rings (SSSR count). The predicted octanol–water partition coefficient (Wildman–Crippen LogP) is 5.28. The van der Waals surface area contributed by atoms with Gasteiger partial charge in [-0.2, -0.15) is 0 Å². The van der Waals surface area contributed by atoms with Gasteiger partial charge in [-0.3, -0.25) is 0 Å². The quantitative estimate of drug-likeness (QED) is 0.731. The highest BCUT2D eigenvalue weighted by Gasteiger charge is 2.46. The molecule has 3 nitrogen and oxygen atoms in total. The number of nitrogens with one attached hydrogen (secondary N) is 1. The molecule has 1 aromatic rings. The molecule has 0 radical (unpaired) electrons. The highest BCUT2D eigenvalue weighted by Crippen LogP contribution is 2.43. The first kappa shape index (κ1) is 17.6. The van der Waals surface area contributed by atoms with Crippen molar-refractivity contribution in [2.24, 2.45) is 5.92 Å². The number of aryl methyl sites for hydroxylation is 1. The molecule has 1 aromatic carbocycles. The summed E-state index contributed by atoms with van der Waals surface area (Å²) in [6.45, 7) is 2.74. The van der Waals surface area contributed by atoms with Gasteiger partial charge in [0.2, 0.25) is 0 Å². The molecule has 1 saturated carbocycles. The van der Waals surface area contributed by atoms with Crippen LogP contribution in [0, 0.1) is 5.92 Å². The summed E-state index contributed by atoms with van der Waals surface area (Å²) in [6, 6.07) is 7.19. The van der Waals surface area contributed by atoms with E-state index in [1.165, 1.54) is 37.7 Å². The molecule has 2 aliphatic carbocycles. The van der Waals surface area contributed by atoms with Gasteiger partial charge in [0.25, 0.3) is 0 Å². The van der Waals surface area contributed by atoms with Crippen LogP contribution < -0.4 is 5.32 Å². The van der Waals surface area contributed by atoms with Crippen molar-refractivity contribution < 1.29 is 9.53 Å². The Bertz CT molecular complexity index is 695. The molecule has 1 amide bonds. The Labute approximate surface area is 157 Å². The van der Waals surface area contributed by atoms with Gasteiger partial charge >= 0.3 is 6.09 Å². The number of rotatable bonds is 5. The average molecular weight is 354 g/mol. The fraction of sp³-hybridized carbons (Fsp3) is 0.609. The van der Waals surface area contributed by atoms with E-state index in [2.05, 4.69) is 42.6 Å². The summed E-state index contributed by atoms with van der Waals surface area (Å²) in [4.78, 5) is 11.4. The molecular weight excluding hydrogens is 322 g/mol. The number of carbonyl (C=O) groups is 1. The number of ether oxygens (including phenoxy) is 1. The molecule has 1 heterocycles. The summed E-state index contributed by atoms with van der Waals surface area (Å²) >= 11 is 0. The third-order valence-electron chi connectivity index (χ3n) is 6.63. The molecule has 0 bridgehead atoms. The Balaban J connectivity index is 1.38. The van der Waals surface area contributed by atoms with Crippen molar-refractivity contribution in [3.63, 3.8) is 0 Å². The second kappa shape index (κ2) is 7.46. The van der Waals surface area contributed by atoms with Gasteiger partial charge in [0, 0.05) is 0 Å². The van der Waals surface area contributed by atoms with Crippen LogP contribution in [0.15, 0.2) is 30.4 Å². The van der Waals surface area contributed by atoms with Crippen LogP contribution in [-0.2, 0) is 17.6 Å². The van der Waals surface area contributed by atoms with Gasteiger partial charge in [0.05, 0.1) is 5.54 Å². The van der Waals surface area contributed by atoms with Crippen molar-refractivity contribution in [2.75, 3.05) is 6.61 Å². The summed E-state index contributed by atoms with van der Waals surface area (Å²) in [5.74, 6) is 1.40. The summed E-state index contributed by atoms with van der Waals surface area (Å²) in [5, 5.41) is 3.06. The van der Waals surface area contributed by atoms with Crippen LogP contribution in [0.3, 0.4) is 0 Å². The zero-order valence-electron chi connectivity index (χ0n) is 15.9. The average Bonchev–Trinajstić information content (AvgIpc) is 3.24. The SMILES string of the molecule is CC/C=C\CCC1CCc2cc([C@H]3CC[C@]4(COC(=O)N4)C3)ccc2C1. The lowest BCUT2D eigenvalue weighted by Gasteiger charge is -2.26. The molecule has 1 aliphatic heterocycles. The second-order valence-electron chi connectivity index (χ2n) is 8.52. The maximum absolute atomic E-state index is 11.4. The molecule has 1 spiro atoms. The molecular formula is C23H31NO2. The molecule has 0 aromatic heterocycles. The summed E-state index contributed by atoms with van der Waals surface area (Å²) < 4.78 is 5.17. The van der Waals surface area contributed by atoms with Crippen molar-refractivity contribution in [1.82, 2.24) is 5.32 Å². The van der Waals surface area contributed by atoms with Crippen LogP contribution in [0.5, 0.6) is 0 Å². The molecule has 1 unspecified atom stereocenters. The Kier molecular flexibility index (Phi) is 5.06. The summed E-state index contributed by atoms with van der Waals surface area (Å²) in [7, 11) is 0. The van der Waals surface area contributed by atoms with Gasteiger partial charge in [-0.15, -0.1) is 0 Å². The zero-order valence-corrected chi connectivity index (χ0v) is 15.9. The minimum absolute atomic E-state index is 0.102. The molecule has 1 saturated heterocycles. The van der Waals surface area contributed by atoms with Gasteiger partial charge in [-0.25, -0.2) is 4.79 Å². The molecule has 1 N–H and O–H groups in total. The molecule has 26 heavy (non-hydrogen) atoms. The fourth-order valence-electron chi connectivity index (χ4n) is 5.12. The maximum atomic E-state index is 11.4. The molecule has 2 fully saturated rings. The van der Waals surface area contributed by atoms with E-state index in [1.807, 2.05) is 0 Å². The van der Waals surface area contributed by atoms with E-state index in [-0.39, 0.29) is 11.6 Å². The Morgan fingerprint density at radius 3 is 3.00 bits per heavy atom. The summed E-state index contributed by atoms with van der Waals surface area (Å²) in [6.07, 6.45) is 15.1. The van der Waals surface area contributed by atoms with Crippen LogP contribution in [0.1, 0.15) is 74.5 Å². The maximum Gasteiger partial charge on any atom is 0.407 e. The third-order valence-corrected chi connectivity index (χ3v) is 6.63.